The molecule has 0 spiro atoms. The van der Waals surface area contributed by atoms with Gasteiger partial charge in [-0.1, -0.05) is 54.6 Å². The average Bonchev–Trinajstić information content (AvgIpc) is 3.29. The molecule has 144 valence electrons. The summed E-state index contributed by atoms with van der Waals surface area (Å²) in [7, 11) is 1.63. The minimum absolute atomic E-state index is 0.117. The molecule has 4 rings (SSSR count). The van der Waals surface area contributed by atoms with Crippen molar-refractivity contribution in [1.82, 2.24) is 15.5 Å². The molecule has 0 atom stereocenters. The molecule has 0 bridgehead atoms. The Hall–Kier alpha value is -3.86. The molecule has 4 aromatic rings. The molecule has 1 amide bonds. The predicted octanol–water partition coefficient (Wildman–Crippen LogP) is 4.68. The SMILES string of the molecule is COc1cccc(CNC(=O)c2ccc(-c3cc(-c4ccccc4)n[nH]3)cc2)c1. The third-order valence-corrected chi connectivity index (χ3v) is 4.69. The molecule has 0 fully saturated rings. The number of methoxy groups -OCH3 is 1. The molecular weight excluding hydrogens is 362 g/mol. The van der Waals surface area contributed by atoms with Gasteiger partial charge in [-0.2, -0.15) is 5.10 Å². The Morgan fingerprint density at radius 2 is 1.72 bits per heavy atom. The summed E-state index contributed by atoms with van der Waals surface area (Å²) in [6.07, 6.45) is 0. The third kappa shape index (κ3) is 4.35. The van der Waals surface area contributed by atoms with E-state index in [2.05, 4.69) is 15.5 Å². The van der Waals surface area contributed by atoms with Gasteiger partial charge in [0.25, 0.3) is 5.91 Å². The van der Waals surface area contributed by atoms with Crippen LogP contribution < -0.4 is 10.1 Å². The van der Waals surface area contributed by atoms with Crippen LogP contribution in [0, 0.1) is 0 Å². The van der Waals surface area contributed by atoms with Crippen molar-refractivity contribution < 1.29 is 9.53 Å². The van der Waals surface area contributed by atoms with E-state index in [4.69, 9.17) is 4.74 Å². The van der Waals surface area contributed by atoms with Crippen molar-refractivity contribution in [1.29, 1.82) is 0 Å². The van der Waals surface area contributed by atoms with Gasteiger partial charge in [-0.25, -0.2) is 0 Å². The zero-order chi connectivity index (χ0) is 20.1. The quantitative estimate of drug-likeness (QED) is 0.508. The van der Waals surface area contributed by atoms with Crippen LogP contribution in [0.1, 0.15) is 15.9 Å². The van der Waals surface area contributed by atoms with Crippen molar-refractivity contribution in [2.45, 2.75) is 6.54 Å². The number of aromatic nitrogens is 2. The van der Waals surface area contributed by atoms with E-state index in [9.17, 15) is 4.79 Å². The second-order valence-corrected chi connectivity index (χ2v) is 6.64. The zero-order valence-corrected chi connectivity index (χ0v) is 16.1. The molecule has 0 aliphatic rings. The standard InChI is InChI=1S/C24H21N3O2/c1-29-21-9-5-6-17(14-21)16-25-24(28)20-12-10-19(11-13-20)23-15-22(26-27-23)18-7-3-2-4-8-18/h2-15H,16H2,1H3,(H,25,28)(H,26,27). The summed E-state index contributed by atoms with van der Waals surface area (Å²) in [5.74, 6) is 0.657. The molecule has 0 aliphatic heterocycles. The fourth-order valence-electron chi connectivity index (χ4n) is 3.09. The van der Waals surface area contributed by atoms with Gasteiger partial charge >= 0.3 is 0 Å². The summed E-state index contributed by atoms with van der Waals surface area (Å²) in [6.45, 7) is 0.443. The number of carbonyl (C=O) groups excluding carboxylic acids is 1. The lowest BCUT2D eigenvalue weighted by atomic mass is 10.1. The van der Waals surface area contributed by atoms with Gasteiger partial charge in [-0.05, 0) is 41.5 Å². The number of hydrogen-bond acceptors (Lipinski definition) is 3. The van der Waals surface area contributed by atoms with Gasteiger partial charge < -0.3 is 10.1 Å². The number of nitrogens with one attached hydrogen (secondary N) is 2. The first-order valence-corrected chi connectivity index (χ1v) is 9.35. The van der Waals surface area contributed by atoms with E-state index in [0.29, 0.717) is 12.1 Å². The maximum atomic E-state index is 12.4. The van der Waals surface area contributed by atoms with E-state index < -0.39 is 0 Å². The van der Waals surface area contributed by atoms with Gasteiger partial charge in [0.15, 0.2) is 0 Å². The predicted molar refractivity (Wildman–Crippen MR) is 114 cm³/mol. The van der Waals surface area contributed by atoms with E-state index in [-0.39, 0.29) is 5.91 Å². The molecular formula is C24H21N3O2. The van der Waals surface area contributed by atoms with Gasteiger partial charge in [0.05, 0.1) is 18.5 Å². The van der Waals surface area contributed by atoms with Crippen molar-refractivity contribution in [3.05, 3.63) is 96.1 Å². The highest BCUT2D eigenvalue weighted by atomic mass is 16.5. The topological polar surface area (TPSA) is 67.0 Å². The molecule has 0 saturated heterocycles. The number of rotatable bonds is 6. The van der Waals surface area contributed by atoms with Crippen LogP contribution in [0.5, 0.6) is 5.75 Å². The second kappa shape index (κ2) is 8.44. The maximum absolute atomic E-state index is 12.4. The average molecular weight is 383 g/mol. The van der Waals surface area contributed by atoms with Gasteiger partial charge in [0.1, 0.15) is 5.75 Å². The van der Waals surface area contributed by atoms with Crippen LogP contribution in [0.2, 0.25) is 0 Å². The third-order valence-electron chi connectivity index (χ3n) is 4.69. The lowest BCUT2D eigenvalue weighted by Crippen LogP contribution is -2.22. The van der Waals surface area contributed by atoms with Crippen LogP contribution in [0.15, 0.2) is 84.9 Å². The number of aromatic amines is 1. The highest BCUT2D eigenvalue weighted by Gasteiger charge is 2.09. The van der Waals surface area contributed by atoms with E-state index in [0.717, 1.165) is 33.8 Å². The summed E-state index contributed by atoms with van der Waals surface area (Å²) in [5, 5.41) is 10.4. The summed E-state index contributed by atoms with van der Waals surface area (Å²) in [4.78, 5) is 12.4. The number of amides is 1. The van der Waals surface area contributed by atoms with E-state index >= 15 is 0 Å². The van der Waals surface area contributed by atoms with Gasteiger partial charge in [0.2, 0.25) is 0 Å². The highest BCUT2D eigenvalue weighted by Crippen LogP contribution is 2.24. The number of ether oxygens (including phenoxy) is 1. The van der Waals surface area contributed by atoms with Crippen LogP contribution in [0.4, 0.5) is 0 Å². The molecule has 0 aliphatic carbocycles. The van der Waals surface area contributed by atoms with Crippen LogP contribution in [0.25, 0.3) is 22.5 Å². The Balaban J connectivity index is 1.42. The number of carbonyl (C=O) groups is 1. The van der Waals surface area contributed by atoms with E-state index in [1.54, 1.807) is 7.11 Å². The summed E-state index contributed by atoms with van der Waals surface area (Å²) < 4.78 is 5.21. The Kier molecular flexibility index (Phi) is 5.38. The van der Waals surface area contributed by atoms with Crippen molar-refractivity contribution in [3.8, 4) is 28.3 Å². The smallest absolute Gasteiger partial charge is 0.251 e. The fraction of sp³-hybridized carbons (Fsp3) is 0.0833. The maximum Gasteiger partial charge on any atom is 0.251 e. The highest BCUT2D eigenvalue weighted by molar-refractivity contribution is 5.94. The first-order chi connectivity index (χ1) is 14.2. The Bertz CT molecular complexity index is 1100. The summed E-state index contributed by atoms with van der Waals surface area (Å²) >= 11 is 0. The Morgan fingerprint density at radius 3 is 2.48 bits per heavy atom. The van der Waals surface area contributed by atoms with Crippen molar-refractivity contribution in [3.63, 3.8) is 0 Å². The van der Waals surface area contributed by atoms with Crippen molar-refractivity contribution in [2.75, 3.05) is 7.11 Å². The summed E-state index contributed by atoms with van der Waals surface area (Å²) in [5.41, 5.74) is 5.43. The number of nitrogens with zero attached hydrogens (tertiary/aromatic N) is 1. The second-order valence-electron chi connectivity index (χ2n) is 6.64. The van der Waals surface area contributed by atoms with Gasteiger partial charge in [0, 0.05) is 17.7 Å². The van der Waals surface area contributed by atoms with Gasteiger partial charge in [-0.3, -0.25) is 9.89 Å². The molecule has 0 unspecified atom stereocenters. The van der Waals surface area contributed by atoms with Crippen LogP contribution in [-0.4, -0.2) is 23.2 Å². The molecule has 0 radical (unpaired) electrons. The molecule has 29 heavy (non-hydrogen) atoms. The first-order valence-electron chi connectivity index (χ1n) is 9.35. The Morgan fingerprint density at radius 1 is 0.931 bits per heavy atom. The molecule has 1 aromatic heterocycles. The largest absolute Gasteiger partial charge is 0.497 e. The molecule has 1 heterocycles. The van der Waals surface area contributed by atoms with Crippen LogP contribution in [-0.2, 0) is 6.54 Å². The van der Waals surface area contributed by atoms with E-state index in [1.807, 2.05) is 84.9 Å². The lowest BCUT2D eigenvalue weighted by molar-refractivity contribution is 0.0951. The zero-order valence-electron chi connectivity index (χ0n) is 16.1. The number of H-pyrrole nitrogens is 1. The number of hydrogen-bond donors (Lipinski definition) is 2. The fourth-order valence-corrected chi connectivity index (χ4v) is 3.09. The molecule has 0 saturated carbocycles. The molecule has 5 heteroatoms. The lowest BCUT2D eigenvalue weighted by Gasteiger charge is -2.07. The van der Waals surface area contributed by atoms with Crippen LogP contribution in [0.3, 0.4) is 0 Å². The Labute approximate surface area is 169 Å². The molecule has 5 nitrogen and oxygen atoms in total. The molecule has 3 aromatic carbocycles. The van der Waals surface area contributed by atoms with Crippen molar-refractivity contribution in [2.24, 2.45) is 0 Å². The summed E-state index contributed by atoms with van der Waals surface area (Å²) in [6, 6.07) is 27.1. The van der Waals surface area contributed by atoms with Crippen LogP contribution >= 0.6 is 0 Å². The monoisotopic (exact) mass is 383 g/mol. The minimum Gasteiger partial charge on any atom is -0.497 e. The normalized spacial score (nSPS) is 10.5. The van der Waals surface area contributed by atoms with E-state index in [1.165, 1.54) is 0 Å². The first kappa shape index (κ1) is 18.5. The molecule has 2 N–H and O–H groups in total. The minimum atomic E-state index is -0.117. The van der Waals surface area contributed by atoms with Crippen molar-refractivity contribution >= 4 is 5.91 Å². The van der Waals surface area contributed by atoms with Gasteiger partial charge in [-0.15, -0.1) is 0 Å². The number of benzene rings is 3.